The van der Waals surface area contributed by atoms with E-state index in [1.165, 1.54) is 22.6 Å². The lowest BCUT2D eigenvalue weighted by Gasteiger charge is -2.08. The van der Waals surface area contributed by atoms with Gasteiger partial charge >= 0.3 is 18.0 Å². The number of hydrogen-bond donors (Lipinski definition) is 0. The van der Waals surface area contributed by atoms with Crippen LogP contribution in [0.3, 0.4) is 0 Å². The second-order valence-corrected chi connectivity index (χ2v) is 8.43. The van der Waals surface area contributed by atoms with Crippen molar-refractivity contribution in [2.75, 3.05) is 0 Å². The molecule has 0 bridgehead atoms. The van der Waals surface area contributed by atoms with Crippen LogP contribution in [0.1, 0.15) is 22.3 Å². The van der Waals surface area contributed by atoms with Crippen molar-refractivity contribution in [2.45, 2.75) is 24.2 Å². The number of benzene rings is 2. The average Bonchev–Trinajstić information content (AvgIpc) is 3.10. The van der Waals surface area contributed by atoms with Gasteiger partial charge in [-0.2, -0.15) is 26.3 Å². The Morgan fingerprint density at radius 3 is 1.91 bits per heavy atom. The second-order valence-electron chi connectivity index (χ2n) is 7.02. The average molecular weight is 611 g/mol. The maximum Gasteiger partial charge on any atom is 0.416 e. The highest BCUT2D eigenvalue weighted by atomic mass is 79.9. The Bertz CT molecular complexity index is 1340. The highest BCUT2D eigenvalue weighted by Gasteiger charge is 2.31. The second kappa shape index (κ2) is 10.3. The summed E-state index contributed by atoms with van der Waals surface area (Å²) in [6.07, 6.45) is -7.10. The molecule has 0 saturated heterocycles. The third-order valence-corrected chi connectivity index (χ3v) is 5.82. The van der Waals surface area contributed by atoms with E-state index >= 15 is 0 Å². The van der Waals surface area contributed by atoms with Gasteiger partial charge in [-0.15, -0.1) is 5.10 Å². The Hall–Kier alpha value is -2.60. The number of rotatable bonds is 3. The lowest BCUT2D eigenvalue weighted by atomic mass is 10.1. The van der Waals surface area contributed by atoms with Gasteiger partial charge in [0.05, 0.1) is 22.1 Å². The molecule has 0 aliphatic heterocycles. The van der Waals surface area contributed by atoms with Gasteiger partial charge in [0.25, 0.3) is 0 Å². The van der Waals surface area contributed by atoms with Crippen molar-refractivity contribution in [2.24, 2.45) is 0 Å². The summed E-state index contributed by atoms with van der Waals surface area (Å²) < 4.78 is 77.5. The number of hydrogen-bond acceptors (Lipinski definition) is 2. The van der Waals surface area contributed by atoms with Crippen molar-refractivity contribution in [1.82, 2.24) is 14.2 Å². The molecule has 180 valence electrons. The van der Waals surface area contributed by atoms with Gasteiger partial charge in [0, 0.05) is 11.5 Å². The molecule has 2 heterocycles. The quantitative estimate of drug-likeness (QED) is 0.186. The molecule has 12 heteroatoms. The zero-order valence-corrected chi connectivity index (χ0v) is 20.2. The fourth-order valence-electron chi connectivity index (χ4n) is 2.96. The van der Waals surface area contributed by atoms with Gasteiger partial charge in [0.1, 0.15) is 0 Å². The minimum absolute atomic E-state index is 0.0309. The smallest absolute Gasteiger partial charge is 0.249 e. The van der Waals surface area contributed by atoms with E-state index in [-0.39, 0.29) is 6.54 Å². The molecule has 0 atom stereocenters. The van der Waals surface area contributed by atoms with E-state index in [1.54, 1.807) is 24.4 Å². The summed E-state index contributed by atoms with van der Waals surface area (Å²) in [5.41, 5.74) is -0.350. The van der Waals surface area contributed by atoms with E-state index in [2.05, 4.69) is 37.0 Å². The molecule has 0 saturated carbocycles. The highest BCUT2D eigenvalue weighted by molar-refractivity contribution is 9.10. The van der Waals surface area contributed by atoms with Crippen LogP contribution in [0, 0.1) is 0 Å². The molecule has 4 aromatic rings. The number of halogens is 8. The first-order chi connectivity index (χ1) is 15.9. The normalized spacial score (nSPS) is 11.9. The summed E-state index contributed by atoms with van der Waals surface area (Å²) in [6, 6.07) is 13.5. The van der Waals surface area contributed by atoms with E-state index < -0.39 is 29.2 Å². The van der Waals surface area contributed by atoms with Gasteiger partial charge in [-0.1, -0.05) is 46.3 Å². The molecular formula is C22H15Br2F6N3O. The van der Waals surface area contributed by atoms with Crippen LogP contribution in [0.5, 0.6) is 0 Å². The number of alkyl halides is 7. The zero-order chi connectivity index (χ0) is 25.1. The van der Waals surface area contributed by atoms with Crippen LogP contribution in [-0.4, -0.2) is 14.2 Å². The Balaban J connectivity index is 0.000000229. The van der Waals surface area contributed by atoms with Crippen LogP contribution in [0.4, 0.5) is 26.3 Å². The Labute approximate surface area is 206 Å². The van der Waals surface area contributed by atoms with Crippen LogP contribution in [-0.2, 0) is 24.2 Å². The number of aromatic nitrogens is 3. The Kier molecular flexibility index (Phi) is 7.91. The van der Waals surface area contributed by atoms with Crippen LogP contribution < -0.4 is 5.69 Å². The maximum absolute atomic E-state index is 12.7. The van der Waals surface area contributed by atoms with E-state index in [0.29, 0.717) is 26.6 Å². The van der Waals surface area contributed by atoms with Crippen LogP contribution in [0.2, 0.25) is 0 Å². The molecule has 0 spiro atoms. The zero-order valence-electron chi connectivity index (χ0n) is 17.0. The lowest BCUT2D eigenvalue weighted by molar-refractivity contribution is -0.138. The van der Waals surface area contributed by atoms with Gasteiger partial charge in [0.2, 0.25) is 0 Å². The molecule has 2 aromatic heterocycles. The van der Waals surface area contributed by atoms with E-state index in [9.17, 15) is 31.1 Å². The van der Waals surface area contributed by atoms with Crippen molar-refractivity contribution in [3.8, 4) is 0 Å². The molecule has 0 fully saturated rings. The van der Waals surface area contributed by atoms with Crippen molar-refractivity contribution >= 4 is 37.5 Å². The molecule has 0 unspecified atom stereocenters. The van der Waals surface area contributed by atoms with Crippen LogP contribution >= 0.6 is 31.9 Å². The fourth-order valence-corrected chi connectivity index (χ4v) is 3.73. The van der Waals surface area contributed by atoms with Crippen molar-refractivity contribution in [3.05, 3.63) is 104 Å². The molecular weight excluding hydrogens is 596 g/mol. The molecule has 0 radical (unpaired) electrons. The first-order valence-electron chi connectivity index (χ1n) is 9.52. The molecule has 34 heavy (non-hydrogen) atoms. The van der Waals surface area contributed by atoms with Gasteiger partial charge < -0.3 is 0 Å². The van der Waals surface area contributed by atoms with Gasteiger partial charge in [-0.25, -0.2) is 13.9 Å². The molecule has 2 aromatic carbocycles. The largest absolute Gasteiger partial charge is 0.416 e. The van der Waals surface area contributed by atoms with Crippen molar-refractivity contribution in [1.29, 1.82) is 0 Å². The monoisotopic (exact) mass is 609 g/mol. The molecule has 0 aliphatic carbocycles. The standard InChI is InChI=1S/C14H9BrF3N3O.C8H6BrF3/c15-11-5-2-6-20-12(11)19-21(13(20)22)8-9-3-1-4-10(7-9)14(16,17)18;9-5-6-2-1-3-7(4-6)8(10,11)12/h1-7H,8H2;1-4H,5H2. The molecule has 4 nitrogen and oxygen atoms in total. The van der Waals surface area contributed by atoms with Crippen molar-refractivity contribution < 1.29 is 26.3 Å². The lowest BCUT2D eigenvalue weighted by Crippen LogP contribution is -2.21. The summed E-state index contributed by atoms with van der Waals surface area (Å²) in [5, 5.41) is 4.58. The SMILES string of the molecule is FC(F)(F)c1cccc(CBr)c1.O=c1n(Cc2cccc(C(F)(F)F)c2)nc2c(Br)cccn12. The minimum atomic E-state index is -4.41. The van der Waals surface area contributed by atoms with E-state index in [0.717, 1.165) is 28.9 Å². The summed E-state index contributed by atoms with van der Waals surface area (Å²) in [6.45, 7) is -0.0309. The minimum Gasteiger partial charge on any atom is -0.249 e. The molecule has 0 aliphatic rings. The third-order valence-electron chi connectivity index (χ3n) is 4.56. The predicted octanol–water partition coefficient (Wildman–Crippen LogP) is 6.93. The van der Waals surface area contributed by atoms with Crippen molar-refractivity contribution in [3.63, 3.8) is 0 Å². The first-order valence-corrected chi connectivity index (χ1v) is 11.4. The predicted molar refractivity (Wildman–Crippen MR) is 122 cm³/mol. The van der Waals surface area contributed by atoms with Gasteiger partial charge in [0.15, 0.2) is 5.65 Å². The summed E-state index contributed by atoms with van der Waals surface area (Å²) in [5.74, 6) is 0. The van der Waals surface area contributed by atoms with E-state index in [4.69, 9.17) is 0 Å². The Morgan fingerprint density at radius 1 is 0.824 bits per heavy atom. The summed E-state index contributed by atoms with van der Waals surface area (Å²) >= 11 is 6.37. The topological polar surface area (TPSA) is 39.3 Å². The number of fused-ring (bicyclic) bond motifs is 1. The van der Waals surface area contributed by atoms with Gasteiger partial charge in [-0.05, 0) is 57.4 Å². The fraction of sp³-hybridized carbons (Fsp3) is 0.182. The highest BCUT2D eigenvalue weighted by Crippen LogP contribution is 2.30. The number of pyridine rings is 1. The van der Waals surface area contributed by atoms with E-state index in [1.807, 2.05) is 0 Å². The molecule has 0 N–H and O–H groups in total. The maximum atomic E-state index is 12.7. The Morgan fingerprint density at radius 2 is 1.38 bits per heavy atom. The summed E-state index contributed by atoms with van der Waals surface area (Å²) in [4.78, 5) is 12.2. The van der Waals surface area contributed by atoms with Gasteiger partial charge in [-0.3, -0.25) is 0 Å². The van der Waals surface area contributed by atoms with Crippen LogP contribution in [0.15, 0.2) is 76.1 Å². The summed E-state index contributed by atoms with van der Waals surface area (Å²) in [7, 11) is 0. The third kappa shape index (κ3) is 6.29. The number of nitrogens with zero attached hydrogens (tertiary/aromatic N) is 3. The van der Waals surface area contributed by atoms with Crippen LogP contribution in [0.25, 0.3) is 5.65 Å². The molecule has 0 amide bonds. The first kappa shape index (κ1) is 26.0. The molecule has 4 rings (SSSR count).